The molecule has 0 saturated heterocycles. The SMILES string of the molecule is CC1=CCCN(C(=O)c2c[nH]ccc2=O)C1. The van der Waals surface area contributed by atoms with Crippen LogP contribution in [0.3, 0.4) is 0 Å². The molecule has 0 saturated carbocycles. The van der Waals surface area contributed by atoms with E-state index in [-0.39, 0.29) is 16.9 Å². The molecule has 2 heterocycles. The van der Waals surface area contributed by atoms with E-state index in [2.05, 4.69) is 11.1 Å². The Morgan fingerprint density at radius 3 is 3.00 bits per heavy atom. The van der Waals surface area contributed by atoms with Crippen LogP contribution < -0.4 is 5.43 Å². The molecule has 1 amide bonds. The van der Waals surface area contributed by atoms with Gasteiger partial charge in [-0.15, -0.1) is 0 Å². The van der Waals surface area contributed by atoms with Gasteiger partial charge in [0.2, 0.25) is 0 Å². The highest BCUT2D eigenvalue weighted by Crippen LogP contribution is 2.10. The molecule has 0 aromatic carbocycles. The van der Waals surface area contributed by atoms with Crippen molar-refractivity contribution in [1.29, 1.82) is 0 Å². The predicted octanol–water partition coefficient (Wildman–Crippen LogP) is 1.17. The number of carbonyl (C=O) groups excluding carboxylic acids is 1. The maximum Gasteiger partial charge on any atom is 0.259 e. The summed E-state index contributed by atoms with van der Waals surface area (Å²) in [6, 6.07) is 1.37. The molecule has 1 aromatic rings. The summed E-state index contributed by atoms with van der Waals surface area (Å²) in [6.07, 6.45) is 5.99. The Balaban J connectivity index is 2.24. The van der Waals surface area contributed by atoms with Crippen LogP contribution >= 0.6 is 0 Å². The Hall–Kier alpha value is -1.84. The summed E-state index contributed by atoms with van der Waals surface area (Å²) in [4.78, 5) is 28.0. The summed E-state index contributed by atoms with van der Waals surface area (Å²) >= 11 is 0. The van der Waals surface area contributed by atoms with Crippen molar-refractivity contribution in [3.8, 4) is 0 Å². The van der Waals surface area contributed by atoms with Crippen LogP contribution in [0, 0.1) is 0 Å². The normalized spacial score (nSPS) is 15.8. The number of rotatable bonds is 1. The van der Waals surface area contributed by atoms with Crippen LogP contribution in [0.25, 0.3) is 0 Å². The van der Waals surface area contributed by atoms with Gasteiger partial charge in [-0.3, -0.25) is 9.59 Å². The van der Waals surface area contributed by atoms with Gasteiger partial charge in [0.15, 0.2) is 5.43 Å². The highest BCUT2D eigenvalue weighted by Gasteiger charge is 2.19. The number of carbonyl (C=O) groups is 1. The van der Waals surface area contributed by atoms with Crippen LogP contribution in [-0.2, 0) is 0 Å². The number of amides is 1. The van der Waals surface area contributed by atoms with Gasteiger partial charge in [-0.05, 0) is 13.3 Å². The Bertz CT molecular complexity index is 488. The third-order valence-corrected chi connectivity index (χ3v) is 2.67. The molecule has 0 spiro atoms. The van der Waals surface area contributed by atoms with Gasteiger partial charge in [-0.1, -0.05) is 11.6 Å². The van der Waals surface area contributed by atoms with Gasteiger partial charge >= 0.3 is 0 Å². The fourth-order valence-corrected chi connectivity index (χ4v) is 1.84. The molecule has 1 aromatic heterocycles. The lowest BCUT2D eigenvalue weighted by Gasteiger charge is -2.25. The van der Waals surface area contributed by atoms with E-state index in [1.165, 1.54) is 24.0 Å². The average molecular weight is 218 g/mol. The zero-order chi connectivity index (χ0) is 11.5. The Kier molecular flexibility index (Phi) is 2.90. The van der Waals surface area contributed by atoms with Crippen molar-refractivity contribution in [3.05, 3.63) is 45.9 Å². The Morgan fingerprint density at radius 2 is 2.31 bits per heavy atom. The van der Waals surface area contributed by atoms with Crippen molar-refractivity contribution in [2.75, 3.05) is 13.1 Å². The molecule has 0 unspecified atom stereocenters. The van der Waals surface area contributed by atoms with Gasteiger partial charge in [0.25, 0.3) is 5.91 Å². The molecule has 84 valence electrons. The second-order valence-corrected chi connectivity index (χ2v) is 3.99. The van der Waals surface area contributed by atoms with Gasteiger partial charge in [0, 0.05) is 31.5 Å². The molecule has 2 rings (SSSR count). The third kappa shape index (κ3) is 2.05. The quantitative estimate of drug-likeness (QED) is 0.719. The number of hydrogen-bond acceptors (Lipinski definition) is 2. The molecule has 0 bridgehead atoms. The minimum absolute atomic E-state index is 0.186. The maximum atomic E-state index is 12.0. The van der Waals surface area contributed by atoms with Crippen molar-refractivity contribution in [2.45, 2.75) is 13.3 Å². The fourth-order valence-electron chi connectivity index (χ4n) is 1.84. The van der Waals surface area contributed by atoms with Crippen molar-refractivity contribution in [3.63, 3.8) is 0 Å². The number of aromatic nitrogens is 1. The summed E-state index contributed by atoms with van der Waals surface area (Å²) < 4.78 is 0. The molecular formula is C12H14N2O2. The summed E-state index contributed by atoms with van der Waals surface area (Å²) in [5.74, 6) is -0.186. The third-order valence-electron chi connectivity index (χ3n) is 2.67. The lowest BCUT2D eigenvalue weighted by atomic mass is 10.1. The largest absolute Gasteiger partial charge is 0.367 e. The maximum absolute atomic E-state index is 12.0. The lowest BCUT2D eigenvalue weighted by molar-refractivity contribution is 0.0764. The van der Waals surface area contributed by atoms with Crippen molar-refractivity contribution < 1.29 is 4.79 Å². The van der Waals surface area contributed by atoms with Gasteiger partial charge in [-0.2, -0.15) is 0 Å². The van der Waals surface area contributed by atoms with Gasteiger partial charge in [0.05, 0.1) is 0 Å². The van der Waals surface area contributed by atoms with Crippen LogP contribution in [0.15, 0.2) is 34.9 Å². The number of H-pyrrole nitrogens is 1. The van der Waals surface area contributed by atoms with Crippen molar-refractivity contribution in [1.82, 2.24) is 9.88 Å². The number of aromatic amines is 1. The first kappa shape index (κ1) is 10.7. The summed E-state index contributed by atoms with van der Waals surface area (Å²) in [6.45, 7) is 3.30. The molecule has 0 fully saturated rings. The second kappa shape index (κ2) is 4.35. The first-order valence-corrected chi connectivity index (χ1v) is 5.30. The monoisotopic (exact) mass is 218 g/mol. The molecule has 0 aliphatic carbocycles. The standard InChI is InChI=1S/C12H14N2O2/c1-9-3-2-6-14(8-9)12(16)10-7-13-5-4-11(10)15/h3-5,7H,2,6,8H2,1H3,(H,13,15). The smallest absolute Gasteiger partial charge is 0.259 e. The molecule has 1 aliphatic heterocycles. The highest BCUT2D eigenvalue weighted by molar-refractivity contribution is 5.94. The summed E-state index contributed by atoms with van der Waals surface area (Å²) in [5.41, 5.74) is 1.17. The van der Waals surface area contributed by atoms with E-state index >= 15 is 0 Å². The number of nitrogens with one attached hydrogen (secondary N) is 1. The molecular weight excluding hydrogens is 204 g/mol. The lowest BCUT2D eigenvalue weighted by Crippen LogP contribution is -2.37. The first-order chi connectivity index (χ1) is 7.68. The summed E-state index contributed by atoms with van der Waals surface area (Å²) in [5, 5.41) is 0. The minimum Gasteiger partial charge on any atom is -0.367 e. The van der Waals surface area contributed by atoms with E-state index in [0.717, 1.165) is 6.42 Å². The molecule has 4 heteroatoms. The minimum atomic E-state index is -0.226. The molecule has 0 radical (unpaired) electrons. The topological polar surface area (TPSA) is 53.2 Å². The predicted molar refractivity (Wildman–Crippen MR) is 61.3 cm³/mol. The second-order valence-electron chi connectivity index (χ2n) is 3.99. The Morgan fingerprint density at radius 1 is 1.50 bits per heavy atom. The number of hydrogen-bond donors (Lipinski definition) is 1. The van der Waals surface area contributed by atoms with Crippen LogP contribution in [0.5, 0.6) is 0 Å². The van der Waals surface area contributed by atoms with Gasteiger partial charge in [0.1, 0.15) is 5.56 Å². The van der Waals surface area contributed by atoms with Crippen molar-refractivity contribution >= 4 is 5.91 Å². The first-order valence-electron chi connectivity index (χ1n) is 5.30. The van der Waals surface area contributed by atoms with E-state index in [9.17, 15) is 9.59 Å². The molecule has 0 atom stereocenters. The van der Waals surface area contributed by atoms with Crippen molar-refractivity contribution in [2.24, 2.45) is 0 Å². The van der Waals surface area contributed by atoms with E-state index in [1.54, 1.807) is 4.90 Å². The molecule has 16 heavy (non-hydrogen) atoms. The Labute approximate surface area is 93.6 Å². The molecule has 1 aliphatic rings. The van der Waals surface area contributed by atoms with Crippen LogP contribution in [0.4, 0.5) is 0 Å². The highest BCUT2D eigenvalue weighted by atomic mass is 16.2. The average Bonchev–Trinajstić information content (AvgIpc) is 2.29. The zero-order valence-corrected chi connectivity index (χ0v) is 9.19. The van der Waals surface area contributed by atoms with E-state index in [0.29, 0.717) is 13.1 Å². The molecule has 4 nitrogen and oxygen atoms in total. The summed E-state index contributed by atoms with van der Waals surface area (Å²) in [7, 11) is 0. The van der Waals surface area contributed by atoms with E-state index < -0.39 is 0 Å². The molecule has 1 N–H and O–H groups in total. The number of pyridine rings is 1. The fraction of sp³-hybridized carbons (Fsp3) is 0.333. The van der Waals surface area contributed by atoms with Crippen LogP contribution in [-0.4, -0.2) is 28.9 Å². The van der Waals surface area contributed by atoms with Crippen LogP contribution in [0.1, 0.15) is 23.7 Å². The van der Waals surface area contributed by atoms with Gasteiger partial charge in [-0.25, -0.2) is 0 Å². The van der Waals surface area contributed by atoms with E-state index in [1.807, 2.05) is 6.92 Å². The van der Waals surface area contributed by atoms with Gasteiger partial charge < -0.3 is 9.88 Å². The van der Waals surface area contributed by atoms with E-state index in [4.69, 9.17) is 0 Å². The van der Waals surface area contributed by atoms with Crippen LogP contribution in [0.2, 0.25) is 0 Å². The zero-order valence-electron chi connectivity index (χ0n) is 9.19. The number of nitrogens with zero attached hydrogens (tertiary/aromatic N) is 1.